The molecule has 0 atom stereocenters. The van der Waals surface area contributed by atoms with Crippen LogP contribution < -0.4 is 4.74 Å². The fourth-order valence-corrected chi connectivity index (χ4v) is 2.71. The van der Waals surface area contributed by atoms with Gasteiger partial charge in [0.25, 0.3) is 0 Å². The Morgan fingerprint density at radius 1 is 0.727 bits per heavy atom. The third-order valence-electron chi connectivity index (χ3n) is 4.33. The van der Waals surface area contributed by atoms with Crippen molar-refractivity contribution in [3.8, 4) is 5.75 Å². The Labute approximate surface area is 207 Å². The van der Waals surface area contributed by atoms with E-state index in [1.165, 1.54) is 38.3 Å². The molecule has 2 N–H and O–H groups in total. The van der Waals surface area contributed by atoms with Crippen molar-refractivity contribution < 1.29 is 28.1 Å². The van der Waals surface area contributed by atoms with Gasteiger partial charge in [-0.15, -0.1) is 0 Å². The zero-order valence-corrected chi connectivity index (χ0v) is 20.0. The molecular formula is C24H26Cl3F3O3. The van der Waals surface area contributed by atoms with E-state index in [0.717, 1.165) is 0 Å². The SMILES string of the molecule is C.COc1ccc(Cl)c(C)c1F.Cc1c(Cl)ccc(C(O)O)c1F.Cc1c(F)cccc1Cl. The minimum absolute atomic E-state index is 0. The first-order valence-corrected chi connectivity index (χ1v) is 10.3. The largest absolute Gasteiger partial charge is 0.494 e. The number of rotatable bonds is 2. The molecule has 0 fully saturated rings. The lowest BCUT2D eigenvalue weighted by molar-refractivity contribution is -0.0450. The monoisotopic (exact) mass is 524 g/mol. The van der Waals surface area contributed by atoms with E-state index in [1.807, 2.05) is 0 Å². The van der Waals surface area contributed by atoms with Crippen molar-refractivity contribution in [1.82, 2.24) is 0 Å². The quantitative estimate of drug-likeness (QED) is 0.333. The van der Waals surface area contributed by atoms with Crippen molar-refractivity contribution in [3.63, 3.8) is 0 Å². The van der Waals surface area contributed by atoms with E-state index >= 15 is 0 Å². The van der Waals surface area contributed by atoms with Crippen molar-refractivity contribution in [2.24, 2.45) is 0 Å². The fraction of sp³-hybridized carbons (Fsp3) is 0.250. The van der Waals surface area contributed by atoms with Crippen LogP contribution in [0.25, 0.3) is 0 Å². The highest BCUT2D eigenvalue weighted by molar-refractivity contribution is 6.31. The molecule has 182 valence electrons. The van der Waals surface area contributed by atoms with Crippen molar-refractivity contribution in [1.29, 1.82) is 0 Å². The Morgan fingerprint density at radius 3 is 1.67 bits per heavy atom. The lowest BCUT2D eigenvalue weighted by Gasteiger charge is -2.07. The summed E-state index contributed by atoms with van der Waals surface area (Å²) in [5.74, 6) is -1.08. The third-order valence-corrected chi connectivity index (χ3v) is 5.56. The second-order valence-corrected chi connectivity index (χ2v) is 7.71. The molecule has 0 amide bonds. The molecule has 0 aliphatic rings. The van der Waals surface area contributed by atoms with Gasteiger partial charge in [0.15, 0.2) is 17.9 Å². The van der Waals surface area contributed by atoms with Gasteiger partial charge in [0.05, 0.1) is 7.11 Å². The van der Waals surface area contributed by atoms with Gasteiger partial charge in [-0.1, -0.05) is 48.3 Å². The predicted octanol–water partition coefficient (Wildman–Crippen LogP) is 7.99. The van der Waals surface area contributed by atoms with Crippen LogP contribution in [-0.4, -0.2) is 17.3 Å². The molecule has 3 aromatic carbocycles. The van der Waals surface area contributed by atoms with Crippen molar-refractivity contribution in [2.45, 2.75) is 34.5 Å². The Kier molecular flexibility index (Phi) is 13.5. The summed E-state index contributed by atoms with van der Waals surface area (Å²) in [5, 5.41) is 18.6. The molecule has 0 saturated carbocycles. The summed E-state index contributed by atoms with van der Waals surface area (Å²) < 4.78 is 43.4. The standard InChI is InChI=1S/C8H8ClFO2.C8H8ClFO.C7H6ClF.CH4/c1-4-6(9)3-2-5(7(4)10)8(11)12;1-5-6(9)3-4-7(11-2)8(5)10;1-5-6(8)3-2-4-7(5)9;/h2-3,8,11-12H,1H3;3-4H,1-2H3;2-4H,1H3;1H4. The number of benzene rings is 3. The Balaban J connectivity index is 0.000000463. The molecule has 0 saturated heterocycles. The maximum absolute atomic E-state index is 13.1. The van der Waals surface area contributed by atoms with Gasteiger partial charge in [0.1, 0.15) is 11.6 Å². The maximum Gasteiger partial charge on any atom is 0.181 e. The minimum atomic E-state index is -1.79. The first-order valence-electron chi connectivity index (χ1n) is 9.12. The Hall–Kier alpha value is -1.96. The molecule has 33 heavy (non-hydrogen) atoms. The molecule has 0 heterocycles. The molecule has 0 aliphatic heterocycles. The van der Waals surface area contributed by atoms with Crippen LogP contribution in [0.1, 0.15) is 36.0 Å². The highest BCUT2D eigenvalue weighted by atomic mass is 35.5. The Morgan fingerprint density at radius 2 is 1.21 bits per heavy atom. The van der Waals surface area contributed by atoms with Crippen LogP contribution in [0.4, 0.5) is 13.2 Å². The van der Waals surface area contributed by atoms with Gasteiger partial charge < -0.3 is 14.9 Å². The van der Waals surface area contributed by atoms with Gasteiger partial charge in [-0.3, -0.25) is 0 Å². The summed E-state index contributed by atoms with van der Waals surface area (Å²) >= 11 is 16.8. The van der Waals surface area contributed by atoms with Crippen LogP contribution in [-0.2, 0) is 0 Å². The molecular weight excluding hydrogens is 500 g/mol. The third kappa shape index (κ3) is 8.72. The van der Waals surface area contributed by atoms with E-state index in [0.29, 0.717) is 21.2 Å². The van der Waals surface area contributed by atoms with Crippen LogP contribution in [0, 0.1) is 38.2 Å². The van der Waals surface area contributed by atoms with Crippen LogP contribution in [0.15, 0.2) is 42.5 Å². The summed E-state index contributed by atoms with van der Waals surface area (Å²) in [4.78, 5) is 0. The molecule has 3 nitrogen and oxygen atoms in total. The zero-order valence-electron chi connectivity index (χ0n) is 17.7. The lowest BCUT2D eigenvalue weighted by Crippen LogP contribution is -2.00. The van der Waals surface area contributed by atoms with E-state index in [9.17, 15) is 13.2 Å². The summed E-state index contributed by atoms with van der Waals surface area (Å²) in [6.45, 7) is 4.74. The molecule has 0 bridgehead atoms. The highest BCUT2D eigenvalue weighted by Crippen LogP contribution is 2.26. The summed E-state index contributed by atoms with van der Waals surface area (Å²) in [7, 11) is 1.42. The molecule has 3 rings (SSSR count). The second kappa shape index (κ2) is 14.3. The van der Waals surface area contributed by atoms with Gasteiger partial charge in [-0.25, -0.2) is 13.2 Å². The van der Waals surface area contributed by atoms with Crippen molar-refractivity contribution in [2.75, 3.05) is 7.11 Å². The minimum Gasteiger partial charge on any atom is -0.494 e. The first kappa shape index (κ1) is 31.0. The molecule has 0 spiro atoms. The van der Waals surface area contributed by atoms with Crippen LogP contribution >= 0.6 is 34.8 Å². The fourth-order valence-electron chi connectivity index (χ4n) is 2.26. The van der Waals surface area contributed by atoms with Gasteiger partial charge in [-0.2, -0.15) is 0 Å². The van der Waals surface area contributed by atoms with Gasteiger partial charge in [-0.05, 0) is 57.2 Å². The molecule has 0 aliphatic carbocycles. The maximum atomic E-state index is 13.1. The van der Waals surface area contributed by atoms with Crippen LogP contribution in [0.2, 0.25) is 15.1 Å². The van der Waals surface area contributed by atoms with E-state index in [1.54, 1.807) is 32.0 Å². The van der Waals surface area contributed by atoms with E-state index < -0.39 is 12.1 Å². The molecule has 0 aromatic heterocycles. The number of halogens is 6. The number of hydrogen-bond acceptors (Lipinski definition) is 3. The number of aliphatic hydroxyl groups is 2. The van der Waals surface area contributed by atoms with E-state index in [-0.39, 0.29) is 41.0 Å². The van der Waals surface area contributed by atoms with Crippen molar-refractivity contribution >= 4 is 34.8 Å². The molecule has 0 radical (unpaired) electrons. The van der Waals surface area contributed by atoms with Gasteiger partial charge in [0, 0.05) is 37.3 Å². The van der Waals surface area contributed by atoms with Crippen molar-refractivity contribution in [3.05, 3.63) is 97.2 Å². The summed E-state index contributed by atoms with van der Waals surface area (Å²) in [6, 6.07) is 10.4. The molecule has 9 heteroatoms. The van der Waals surface area contributed by atoms with Crippen LogP contribution in [0.5, 0.6) is 5.75 Å². The van der Waals surface area contributed by atoms with E-state index in [2.05, 4.69) is 0 Å². The predicted molar refractivity (Wildman–Crippen MR) is 129 cm³/mol. The second-order valence-electron chi connectivity index (χ2n) is 6.48. The summed E-state index contributed by atoms with van der Waals surface area (Å²) in [6.07, 6.45) is -1.79. The topological polar surface area (TPSA) is 49.7 Å². The summed E-state index contributed by atoms with van der Waals surface area (Å²) in [5.41, 5.74) is 1.00. The van der Waals surface area contributed by atoms with Crippen LogP contribution in [0.3, 0.4) is 0 Å². The normalized spacial score (nSPS) is 9.85. The van der Waals surface area contributed by atoms with E-state index in [4.69, 9.17) is 49.8 Å². The number of ether oxygens (including phenoxy) is 1. The molecule has 3 aromatic rings. The average molecular weight is 526 g/mol. The smallest absolute Gasteiger partial charge is 0.181 e. The van der Waals surface area contributed by atoms with Gasteiger partial charge in [0.2, 0.25) is 0 Å². The first-order chi connectivity index (χ1) is 14.9. The number of methoxy groups -OCH3 is 1. The zero-order chi connectivity index (χ0) is 24.6. The number of hydrogen-bond donors (Lipinski definition) is 2. The highest BCUT2D eigenvalue weighted by Gasteiger charge is 2.13. The average Bonchev–Trinajstić information content (AvgIpc) is 2.75. The van der Waals surface area contributed by atoms with Gasteiger partial charge >= 0.3 is 0 Å². The lowest BCUT2D eigenvalue weighted by atomic mass is 10.1. The molecule has 0 unspecified atom stereocenters. The number of aliphatic hydroxyl groups excluding tert-OH is 1. The Bertz CT molecular complexity index is 1040.